The monoisotopic (exact) mass is 563 g/mol. The Bertz CT molecular complexity index is 1450. The van der Waals surface area contributed by atoms with Crippen LogP contribution in [0.1, 0.15) is 43.3 Å². The first kappa shape index (κ1) is 28.4. The SMILES string of the molecule is CN(CC#Cc1nc(N)c2ncn([C@@H]3O[C@H](C(=O)NC4CC4)C(O)[C@@H]3O)c2n1)C(=O)CCCOCc1ccccc1. The topological polar surface area (TPSA) is 178 Å². The number of hydrogen-bond acceptors (Lipinski definition) is 10. The number of aromatic nitrogens is 4. The van der Waals surface area contributed by atoms with Crippen LogP contribution in [0.15, 0.2) is 36.7 Å². The molecule has 5 rings (SSSR count). The second-order valence-corrected chi connectivity index (χ2v) is 10.2. The number of anilines is 1. The van der Waals surface area contributed by atoms with E-state index in [-0.39, 0.29) is 41.3 Å². The molecule has 0 spiro atoms. The molecule has 4 atom stereocenters. The van der Waals surface area contributed by atoms with E-state index in [9.17, 15) is 19.8 Å². The second kappa shape index (κ2) is 12.6. The maximum atomic E-state index is 12.5. The van der Waals surface area contributed by atoms with Gasteiger partial charge in [0.1, 0.15) is 17.7 Å². The molecule has 1 saturated carbocycles. The maximum Gasteiger partial charge on any atom is 0.252 e. The molecule has 2 aromatic heterocycles. The lowest BCUT2D eigenvalue weighted by atomic mass is 10.1. The van der Waals surface area contributed by atoms with Crippen molar-refractivity contribution >= 4 is 28.8 Å². The van der Waals surface area contributed by atoms with Crippen LogP contribution in [0, 0.1) is 11.8 Å². The number of imidazole rings is 1. The van der Waals surface area contributed by atoms with Crippen molar-refractivity contribution in [1.29, 1.82) is 0 Å². The molecule has 13 heteroatoms. The summed E-state index contributed by atoms with van der Waals surface area (Å²) in [5, 5.41) is 23.9. The van der Waals surface area contributed by atoms with E-state index in [0.29, 0.717) is 26.1 Å². The zero-order valence-electron chi connectivity index (χ0n) is 22.6. The van der Waals surface area contributed by atoms with Crippen LogP contribution in [0.25, 0.3) is 11.2 Å². The van der Waals surface area contributed by atoms with E-state index < -0.39 is 30.4 Å². The Labute approximate surface area is 236 Å². The van der Waals surface area contributed by atoms with Crippen LogP contribution < -0.4 is 11.1 Å². The number of aliphatic hydroxyl groups excluding tert-OH is 2. The van der Waals surface area contributed by atoms with Gasteiger partial charge in [0.05, 0.1) is 19.5 Å². The smallest absolute Gasteiger partial charge is 0.252 e. The summed E-state index contributed by atoms with van der Waals surface area (Å²) < 4.78 is 12.8. The van der Waals surface area contributed by atoms with Crippen molar-refractivity contribution in [3.05, 3.63) is 48.0 Å². The van der Waals surface area contributed by atoms with Gasteiger partial charge in [-0.2, -0.15) is 0 Å². The van der Waals surface area contributed by atoms with Gasteiger partial charge in [-0.3, -0.25) is 14.2 Å². The average molecular weight is 564 g/mol. The Morgan fingerprint density at radius 3 is 2.76 bits per heavy atom. The van der Waals surface area contributed by atoms with E-state index in [1.54, 1.807) is 7.05 Å². The molecular formula is C28H33N7O6. The minimum Gasteiger partial charge on any atom is -0.387 e. The van der Waals surface area contributed by atoms with Gasteiger partial charge in [-0.25, -0.2) is 15.0 Å². The number of amides is 2. The summed E-state index contributed by atoms with van der Waals surface area (Å²) in [4.78, 5) is 39.2. The van der Waals surface area contributed by atoms with E-state index >= 15 is 0 Å². The summed E-state index contributed by atoms with van der Waals surface area (Å²) >= 11 is 0. The van der Waals surface area contributed by atoms with Crippen molar-refractivity contribution in [2.45, 2.75) is 62.9 Å². The summed E-state index contributed by atoms with van der Waals surface area (Å²) in [7, 11) is 1.66. The highest BCUT2D eigenvalue weighted by Gasteiger charge is 2.48. The zero-order valence-corrected chi connectivity index (χ0v) is 22.6. The standard InChI is InChI=1S/C28H33N7O6/c1-34(20(36)10-6-14-40-15-17-7-3-2-4-8-17)13-5-9-19-32-25(29)21-26(33-19)35(16-30-21)28-23(38)22(37)24(41-28)27(39)31-18-11-12-18/h2-4,7-8,16,18,22-24,28,37-38H,6,10-15H2,1H3,(H,31,39)(H2,29,32,33)/t22?,23-,24-,28+/m0/s1. The lowest BCUT2D eigenvalue weighted by Gasteiger charge is -2.16. The van der Waals surface area contributed by atoms with Gasteiger partial charge >= 0.3 is 0 Å². The van der Waals surface area contributed by atoms with E-state index in [1.165, 1.54) is 15.8 Å². The van der Waals surface area contributed by atoms with Crippen molar-refractivity contribution in [1.82, 2.24) is 29.7 Å². The third kappa shape index (κ3) is 6.80. The molecule has 0 radical (unpaired) electrons. The molecular weight excluding hydrogens is 530 g/mol. The van der Waals surface area contributed by atoms with Gasteiger partial charge in [-0.1, -0.05) is 36.3 Å². The van der Waals surface area contributed by atoms with E-state index in [1.807, 2.05) is 30.3 Å². The molecule has 0 bridgehead atoms. The summed E-state index contributed by atoms with van der Waals surface area (Å²) in [6.45, 7) is 1.13. The molecule has 1 aliphatic carbocycles. The van der Waals surface area contributed by atoms with Crippen LogP contribution >= 0.6 is 0 Å². The van der Waals surface area contributed by atoms with E-state index in [4.69, 9.17) is 15.2 Å². The number of ether oxygens (including phenoxy) is 2. The maximum absolute atomic E-state index is 12.5. The fourth-order valence-electron chi connectivity index (χ4n) is 4.40. The summed E-state index contributed by atoms with van der Waals surface area (Å²) in [6, 6.07) is 9.91. The third-order valence-electron chi connectivity index (χ3n) is 6.88. The lowest BCUT2D eigenvalue weighted by molar-refractivity contribution is -0.137. The van der Waals surface area contributed by atoms with Gasteiger partial charge in [0, 0.05) is 26.1 Å². The van der Waals surface area contributed by atoms with Crippen LogP contribution in [0.2, 0.25) is 0 Å². The molecule has 216 valence electrons. The van der Waals surface area contributed by atoms with Crippen LogP contribution in [0.3, 0.4) is 0 Å². The molecule has 3 heterocycles. The Morgan fingerprint density at radius 1 is 1.22 bits per heavy atom. The summed E-state index contributed by atoms with van der Waals surface area (Å²) in [6.07, 6.45) is -1.18. The molecule has 1 aromatic carbocycles. The largest absolute Gasteiger partial charge is 0.387 e. The number of benzene rings is 1. The van der Waals surface area contributed by atoms with Crippen molar-refractivity contribution in [2.24, 2.45) is 0 Å². The molecule has 2 amide bonds. The Balaban J connectivity index is 1.17. The predicted octanol–water partition coefficient (Wildman–Crippen LogP) is 0.113. The first-order chi connectivity index (χ1) is 19.8. The normalized spacial score (nSPS) is 21.8. The molecule has 2 aliphatic rings. The molecule has 41 heavy (non-hydrogen) atoms. The van der Waals surface area contributed by atoms with Gasteiger partial charge in [0.2, 0.25) is 11.7 Å². The number of nitrogen functional groups attached to an aromatic ring is 1. The van der Waals surface area contributed by atoms with Crippen LogP contribution in [-0.4, -0.2) is 91.0 Å². The van der Waals surface area contributed by atoms with Gasteiger partial charge in [0.15, 0.2) is 23.8 Å². The van der Waals surface area contributed by atoms with Crippen molar-refractivity contribution < 1.29 is 29.3 Å². The minimum atomic E-state index is -1.43. The lowest BCUT2D eigenvalue weighted by Crippen LogP contribution is -2.43. The average Bonchev–Trinajstić information content (AvgIpc) is 3.60. The molecule has 5 N–H and O–H groups in total. The molecule has 1 saturated heterocycles. The van der Waals surface area contributed by atoms with Gasteiger partial charge in [-0.05, 0) is 30.7 Å². The zero-order chi connectivity index (χ0) is 28.9. The van der Waals surface area contributed by atoms with Gasteiger partial charge in [-0.15, -0.1) is 0 Å². The van der Waals surface area contributed by atoms with Crippen molar-refractivity contribution in [2.75, 3.05) is 25.9 Å². The first-order valence-electron chi connectivity index (χ1n) is 13.5. The fourth-order valence-corrected chi connectivity index (χ4v) is 4.40. The number of nitrogens with two attached hydrogens (primary N) is 1. The number of carbonyl (C=O) groups is 2. The molecule has 1 unspecified atom stereocenters. The number of aliphatic hydroxyl groups is 2. The highest BCUT2D eigenvalue weighted by Crippen LogP contribution is 2.33. The number of carbonyl (C=O) groups excluding carboxylic acids is 2. The molecule has 3 aromatic rings. The van der Waals surface area contributed by atoms with E-state index in [0.717, 1.165) is 18.4 Å². The van der Waals surface area contributed by atoms with Crippen LogP contribution in [-0.2, 0) is 25.7 Å². The van der Waals surface area contributed by atoms with Gasteiger partial charge in [0.25, 0.3) is 5.91 Å². The van der Waals surface area contributed by atoms with Crippen LogP contribution in [0.4, 0.5) is 5.82 Å². The highest BCUT2D eigenvalue weighted by molar-refractivity contribution is 5.83. The molecule has 2 fully saturated rings. The third-order valence-corrected chi connectivity index (χ3v) is 6.88. The fraction of sp³-hybridized carbons (Fsp3) is 0.464. The molecule has 13 nitrogen and oxygen atoms in total. The number of fused-ring (bicyclic) bond motifs is 1. The number of nitrogens with one attached hydrogen (secondary N) is 1. The number of nitrogens with zero attached hydrogens (tertiary/aromatic N) is 5. The van der Waals surface area contributed by atoms with E-state index in [2.05, 4.69) is 32.1 Å². The summed E-state index contributed by atoms with van der Waals surface area (Å²) in [5.74, 6) is 5.29. The Morgan fingerprint density at radius 2 is 2.00 bits per heavy atom. The minimum absolute atomic E-state index is 0.0639. The quantitative estimate of drug-likeness (QED) is 0.196. The Hall–Kier alpha value is -4.09. The first-order valence-corrected chi connectivity index (χ1v) is 13.5. The predicted molar refractivity (Wildman–Crippen MR) is 147 cm³/mol. The van der Waals surface area contributed by atoms with Crippen molar-refractivity contribution in [3.8, 4) is 11.8 Å². The number of hydrogen-bond donors (Lipinski definition) is 4. The summed E-state index contributed by atoms with van der Waals surface area (Å²) in [5.41, 5.74) is 7.64. The van der Waals surface area contributed by atoms with Crippen LogP contribution in [0.5, 0.6) is 0 Å². The molecule has 1 aliphatic heterocycles. The number of rotatable bonds is 10. The van der Waals surface area contributed by atoms with Gasteiger partial charge < -0.3 is 35.6 Å². The Kier molecular flexibility index (Phi) is 8.75. The van der Waals surface area contributed by atoms with Crippen molar-refractivity contribution in [3.63, 3.8) is 0 Å². The highest BCUT2D eigenvalue weighted by atomic mass is 16.6. The second-order valence-electron chi connectivity index (χ2n) is 10.2.